The Kier molecular flexibility index (Phi) is 4.66. The van der Waals surface area contributed by atoms with Crippen LogP contribution < -0.4 is 4.74 Å². The van der Waals surface area contributed by atoms with E-state index in [2.05, 4.69) is 10.0 Å². The molecule has 0 aliphatic carbocycles. The van der Waals surface area contributed by atoms with Crippen LogP contribution in [0.15, 0.2) is 34.3 Å². The molecule has 0 N–H and O–H groups in total. The molecule has 1 atom stereocenters. The Morgan fingerprint density at radius 3 is 3.07 bits per heavy atom. The summed E-state index contributed by atoms with van der Waals surface area (Å²) in [5.41, 5.74) is 8.07. The first-order chi connectivity index (χ1) is 7.27. The van der Waals surface area contributed by atoms with Crippen molar-refractivity contribution in [1.29, 1.82) is 0 Å². The second-order valence-corrected chi connectivity index (χ2v) is 4.25. The summed E-state index contributed by atoms with van der Waals surface area (Å²) >= 11 is 0. The van der Waals surface area contributed by atoms with E-state index in [0.717, 1.165) is 0 Å². The van der Waals surface area contributed by atoms with Gasteiger partial charge in [0.15, 0.2) is 0 Å². The Morgan fingerprint density at radius 2 is 2.40 bits per heavy atom. The molecule has 15 heavy (non-hydrogen) atoms. The minimum Gasteiger partial charge on any atom is -0.497 e. The van der Waals surface area contributed by atoms with Gasteiger partial charge in [-0.3, -0.25) is 4.21 Å². The van der Waals surface area contributed by atoms with Gasteiger partial charge >= 0.3 is 0 Å². The molecule has 0 spiro atoms. The van der Waals surface area contributed by atoms with Crippen LogP contribution in [-0.4, -0.2) is 23.6 Å². The summed E-state index contributed by atoms with van der Waals surface area (Å²) in [5, 5.41) is 3.34. The zero-order valence-electron chi connectivity index (χ0n) is 8.29. The van der Waals surface area contributed by atoms with Gasteiger partial charge in [0.2, 0.25) is 0 Å². The molecule has 0 saturated carbocycles. The van der Waals surface area contributed by atoms with Gasteiger partial charge in [-0.05, 0) is 23.7 Å². The third-order valence-corrected chi connectivity index (χ3v) is 3.08. The highest BCUT2D eigenvalue weighted by molar-refractivity contribution is 7.85. The lowest BCUT2D eigenvalue weighted by molar-refractivity contribution is 0.413. The fourth-order valence-corrected chi connectivity index (χ4v) is 1.99. The van der Waals surface area contributed by atoms with Crippen LogP contribution in [0.1, 0.15) is 0 Å². The second kappa shape index (κ2) is 6.06. The highest BCUT2D eigenvalue weighted by atomic mass is 32.2. The Balaban J connectivity index is 2.68. The van der Waals surface area contributed by atoms with Crippen LogP contribution in [0.3, 0.4) is 0 Å². The Labute approximate surface area is 90.1 Å². The third-order valence-electron chi connectivity index (χ3n) is 1.74. The molecule has 1 rings (SSSR count). The van der Waals surface area contributed by atoms with Crippen LogP contribution in [0.25, 0.3) is 10.4 Å². The normalized spacial score (nSPS) is 11.5. The van der Waals surface area contributed by atoms with Crippen molar-refractivity contribution in [2.24, 2.45) is 5.11 Å². The summed E-state index contributed by atoms with van der Waals surface area (Å²) in [6.07, 6.45) is 0. The molecule has 5 nitrogen and oxygen atoms in total. The van der Waals surface area contributed by atoms with Crippen molar-refractivity contribution in [1.82, 2.24) is 0 Å². The van der Waals surface area contributed by atoms with Gasteiger partial charge in [-0.1, -0.05) is 11.2 Å². The molecule has 0 aromatic heterocycles. The largest absolute Gasteiger partial charge is 0.497 e. The zero-order chi connectivity index (χ0) is 11.1. The first-order valence-corrected chi connectivity index (χ1v) is 5.63. The van der Waals surface area contributed by atoms with E-state index in [1.807, 2.05) is 0 Å². The van der Waals surface area contributed by atoms with Crippen molar-refractivity contribution >= 4 is 10.8 Å². The van der Waals surface area contributed by atoms with Gasteiger partial charge in [0, 0.05) is 22.1 Å². The molecule has 0 saturated heterocycles. The van der Waals surface area contributed by atoms with E-state index in [4.69, 9.17) is 10.3 Å². The number of hydrogen-bond acceptors (Lipinski definition) is 3. The first kappa shape index (κ1) is 11.6. The quantitative estimate of drug-likeness (QED) is 0.437. The SMILES string of the molecule is COc1cccc(S(=O)CCN=[N+]=[N-])c1. The van der Waals surface area contributed by atoms with E-state index in [1.54, 1.807) is 31.4 Å². The zero-order valence-corrected chi connectivity index (χ0v) is 9.11. The highest BCUT2D eigenvalue weighted by Gasteiger charge is 2.03. The van der Waals surface area contributed by atoms with E-state index in [-0.39, 0.29) is 6.54 Å². The molecular formula is C9H11N3O2S. The molecule has 80 valence electrons. The average molecular weight is 225 g/mol. The average Bonchev–Trinajstić information content (AvgIpc) is 2.29. The monoisotopic (exact) mass is 225 g/mol. The summed E-state index contributed by atoms with van der Waals surface area (Å²) in [7, 11) is 0.416. The predicted octanol–water partition coefficient (Wildman–Crippen LogP) is 2.11. The number of rotatable bonds is 5. The summed E-state index contributed by atoms with van der Waals surface area (Å²) < 4.78 is 16.7. The molecule has 0 bridgehead atoms. The minimum atomic E-state index is -1.14. The molecule has 0 heterocycles. The van der Waals surface area contributed by atoms with E-state index in [0.29, 0.717) is 16.4 Å². The lowest BCUT2D eigenvalue weighted by Crippen LogP contribution is -2.01. The number of ether oxygens (including phenoxy) is 1. The topological polar surface area (TPSA) is 75.1 Å². The number of azide groups is 1. The predicted molar refractivity (Wildman–Crippen MR) is 58.3 cm³/mol. The molecule has 0 fully saturated rings. The van der Waals surface area contributed by atoms with E-state index in [1.165, 1.54) is 0 Å². The van der Waals surface area contributed by atoms with E-state index < -0.39 is 10.8 Å². The van der Waals surface area contributed by atoms with Crippen LogP contribution in [0.2, 0.25) is 0 Å². The van der Waals surface area contributed by atoms with E-state index in [9.17, 15) is 4.21 Å². The van der Waals surface area contributed by atoms with Crippen LogP contribution in [0.4, 0.5) is 0 Å². The molecule has 0 aliphatic heterocycles. The summed E-state index contributed by atoms with van der Waals surface area (Å²) in [4.78, 5) is 3.28. The highest BCUT2D eigenvalue weighted by Crippen LogP contribution is 2.15. The van der Waals surface area contributed by atoms with Gasteiger partial charge in [-0.2, -0.15) is 0 Å². The van der Waals surface area contributed by atoms with Gasteiger partial charge in [-0.15, -0.1) is 0 Å². The van der Waals surface area contributed by atoms with Crippen molar-refractivity contribution in [2.45, 2.75) is 4.90 Å². The number of nitrogens with zero attached hydrogens (tertiary/aromatic N) is 3. The molecule has 1 aromatic carbocycles. The smallest absolute Gasteiger partial charge is 0.120 e. The molecule has 6 heteroatoms. The molecule has 0 radical (unpaired) electrons. The van der Waals surface area contributed by atoms with E-state index >= 15 is 0 Å². The van der Waals surface area contributed by atoms with Crippen LogP contribution >= 0.6 is 0 Å². The van der Waals surface area contributed by atoms with Crippen molar-refractivity contribution in [2.75, 3.05) is 19.4 Å². The Hall–Kier alpha value is -1.52. The fraction of sp³-hybridized carbons (Fsp3) is 0.333. The Morgan fingerprint density at radius 1 is 1.60 bits per heavy atom. The van der Waals surface area contributed by atoms with Crippen molar-refractivity contribution in [3.63, 3.8) is 0 Å². The number of hydrogen-bond donors (Lipinski definition) is 0. The number of methoxy groups -OCH3 is 1. The first-order valence-electron chi connectivity index (χ1n) is 4.31. The van der Waals surface area contributed by atoms with Crippen LogP contribution in [-0.2, 0) is 10.8 Å². The molecule has 1 unspecified atom stereocenters. The van der Waals surface area contributed by atoms with Gasteiger partial charge in [0.1, 0.15) is 5.75 Å². The molecule has 0 amide bonds. The third kappa shape index (κ3) is 3.61. The maximum Gasteiger partial charge on any atom is 0.120 e. The Bertz CT molecular complexity index is 402. The van der Waals surface area contributed by atoms with Gasteiger partial charge in [0.25, 0.3) is 0 Å². The lowest BCUT2D eigenvalue weighted by atomic mass is 10.3. The minimum absolute atomic E-state index is 0.236. The number of benzene rings is 1. The van der Waals surface area contributed by atoms with Crippen LogP contribution in [0.5, 0.6) is 5.75 Å². The van der Waals surface area contributed by atoms with Crippen molar-refractivity contribution in [3.05, 3.63) is 34.7 Å². The summed E-state index contributed by atoms with van der Waals surface area (Å²) in [6.45, 7) is 0.236. The molecule has 0 aliphatic rings. The maximum absolute atomic E-state index is 11.7. The lowest BCUT2D eigenvalue weighted by Gasteiger charge is -2.03. The molecular weight excluding hydrogens is 214 g/mol. The maximum atomic E-state index is 11.7. The summed E-state index contributed by atoms with van der Waals surface area (Å²) in [6, 6.07) is 7.04. The second-order valence-electron chi connectivity index (χ2n) is 2.68. The standard InChI is InChI=1S/C9H11N3O2S/c1-14-8-3-2-4-9(7-8)15(13)6-5-11-12-10/h2-4,7H,5-6H2,1H3. The van der Waals surface area contributed by atoms with Crippen molar-refractivity contribution in [3.8, 4) is 5.75 Å². The van der Waals surface area contributed by atoms with Crippen LogP contribution in [0, 0.1) is 0 Å². The van der Waals surface area contributed by atoms with Gasteiger partial charge in [0.05, 0.1) is 17.9 Å². The van der Waals surface area contributed by atoms with Gasteiger partial charge < -0.3 is 4.74 Å². The van der Waals surface area contributed by atoms with Gasteiger partial charge in [-0.25, -0.2) is 0 Å². The molecule has 1 aromatic rings. The fourth-order valence-electron chi connectivity index (χ4n) is 1.03. The van der Waals surface area contributed by atoms with Crippen molar-refractivity contribution < 1.29 is 8.95 Å². The summed E-state index contributed by atoms with van der Waals surface area (Å²) in [5.74, 6) is 1.00.